The van der Waals surface area contributed by atoms with E-state index in [-0.39, 0.29) is 11.8 Å². The van der Waals surface area contributed by atoms with Gasteiger partial charge in [-0.15, -0.1) is 0 Å². The van der Waals surface area contributed by atoms with E-state index in [0.717, 1.165) is 23.3 Å². The van der Waals surface area contributed by atoms with Crippen LogP contribution in [0.1, 0.15) is 37.2 Å². The first-order chi connectivity index (χ1) is 11.0. The molecule has 0 saturated carbocycles. The summed E-state index contributed by atoms with van der Waals surface area (Å²) in [7, 11) is 0. The number of carbonyl (C=O) groups is 1. The van der Waals surface area contributed by atoms with Crippen molar-refractivity contribution in [2.75, 3.05) is 5.32 Å². The summed E-state index contributed by atoms with van der Waals surface area (Å²) in [5.74, 6) is 1.91. The molecule has 1 N–H and O–H groups in total. The summed E-state index contributed by atoms with van der Waals surface area (Å²) in [5, 5.41) is 8.49. The number of hydrogen-bond acceptors (Lipinski definition) is 4. The van der Waals surface area contributed by atoms with Gasteiger partial charge < -0.3 is 5.32 Å². The minimum Gasteiger partial charge on any atom is -0.328 e. The Morgan fingerprint density at radius 2 is 2.00 bits per heavy atom. The Morgan fingerprint density at radius 1 is 1.26 bits per heavy atom. The fraction of sp³-hybridized carbons (Fsp3) is 0.353. The third-order valence-electron chi connectivity index (χ3n) is 4.42. The Balaban J connectivity index is 1.91. The van der Waals surface area contributed by atoms with Crippen molar-refractivity contribution in [3.05, 3.63) is 51.9 Å². The normalized spacial score (nSPS) is 23.3. The van der Waals surface area contributed by atoms with Crippen molar-refractivity contribution in [1.29, 1.82) is 0 Å². The molecule has 1 aliphatic heterocycles. The van der Waals surface area contributed by atoms with Gasteiger partial charge in [-0.05, 0) is 37.0 Å². The Kier molecular flexibility index (Phi) is 3.27. The van der Waals surface area contributed by atoms with Gasteiger partial charge in [0.2, 0.25) is 5.95 Å². The molecule has 0 saturated heterocycles. The number of fused-ring (bicyclic) bond motifs is 1. The summed E-state index contributed by atoms with van der Waals surface area (Å²) in [4.78, 5) is 17.2. The molecule has 23 heavy (non-hydrogen) atoms. The van der Waals surface area contributed by atoms with Crippen molar-refractivity contribution >= 4 is 23.3 Å². The van der Waals surface area contributed by atoms with Gasteiger partial charge in [0.05, 0.1) is 0 Å². The largest absolute Gasteiger partial charge is 0.328 e. The van der Waals surface area contributed by atoms with E-state index in [1.807, 2.05) is 35.9 Å². The molecule has 0 unspecified atom stereocenters. The zero-order valence-electron chi connectivity index (χ0n) is 13.0. The van der Waals surface area contributed by atoms with Crippen LogP contribution in [-0.4, -0.2) is 20.5 Å². The van der Waals surface area contributed by atoms with Crippen LogP contribution in [0.25, 0.3) is 0 Å². The van der Waals surface area contributed by atoms with Crippen LogP contribution in [0, 0.1) is 12.8 Å². The lowest BCUT2D eigenvalue weighted by Crippen LogP contribution is -2.33. The second-order valence-corrected chi connectivity index (χ2v) is 6.77. The minimum absolute atomic E-state index is 0.185. The summed E-state index contributed by atoms with van der Waals surface area (Å²) >= 11 is 6.01. The Labute approximate surface area is 139 Å². The van der Waals surface area contributed by atoms with Gasteiger partial charge in [0, 0.05) is 22.7 Å². The van der Waals surface area contributed by atoms with Crippen LogP contribution in [0.4, 0.5) is 5.95 Å². The zero-order chi connectivity index (χ0) is 16.1. The van der Waals surface area contributed by atoms with E-state index in [1.54, 1.807) is 0 Å². The maximum absolute atomic E-state index is 12.7. The molecule has 0 radical (unpaired) electrons. The van der Waals surface area contributed by atoms with Crippen LogP contribution in [0.5, 0.6) is 0 Å². The monoisotopic (exact) mass is 328 g/mol. The molecule has 6 heteroatoms. The van der Waals surface area contributed by atoms with E-state index in [2.05, 4.69) is 22.3 Å². The molecule has 2 heterocycles. The van der Waals surface area contributed by atoms with Gasteiger partial charge in [-0.25, -0.2) is 4.68 Å². The first kappa shape index (κ1) is 14.5. The quantitative estimate of drug-likeness (QED) is 0.870. The number of aromatic nitrogens is 3. The molecule has 4 rings (SSSR count). The number of nitrogens with one attached hydrogen (secondary N) is 1. The number of carbonyl (C=O) groups excluding carboxylic acids is 1. The predicted octanol–water partition coefficient (Wildman–Crippen LogP) is 3.51. The van der Waals surface area contributed by atoms with E-state index in [1.165, 1.54) is 0 Å². The molecule has 0 bridgehead atoms. The molecule has 1 aromatic heterocycles. The average Bonchev–Trinajstić information content (AvgIpc) is 2.85. The van der Waals surface area contributed by atoms with Crippen molar-refractivity contribution in [2.24, 2.45) is 5.92 Å². The second kappa shape index (κ2) is 5.20. The number of rotatable bonds is 1. The average molecular weight is 329 g/mol. The maximum Gasteiger partial charge on any atom is 0.226 e. The van der Waals surface area contributed by atoms with Crippen molar-refractivity contribution in [3.8, 4) is 0 Å². The van der Waals surface area contributed by atoms with Gasteiger partial charge in [-0.2, -0.15) is 10.1 Å². The summed E-state index contributed by atoms with van der Waals surface area (Å²) in [6.45, 7) is 3.96. The van der Waals surface area contributed by atoms with Gasteiger partial charge in [0.15, 0.2) is 5.78 Å². The molecule has 2 atom stereocenters. The van der Waals surface area contributed by atoms with Crippen molar-refractivity contribution < 1.29 is 4.79 Å². The SMILES string of the molecule is Cc1nc2n(n1)[C@@H](c1ccc(Cl)cc1)C1=C(C[C@@H](C)CC1=O)N2. The molecule has 5 nitrogen and oxygen atoms in total. The number of Topliss-reactive ketones (excluding diaryl/α,β-unsaturated/α-hetero) is 1. The number of benzene rings is 1. The smallest absolute Gasteiger partial charge is 0.226 e. The van der Waals surface area contributed by atoms with Crippen molar-refractivity contribution in [2.45, 2.75) is 32.7 Å². The zero-order valence-corrected chi connectivity index (χ0v) is 13.8. The van der Waals surface area contributed by atoms with E-state index >= 15 is 0 Å². The molecule has 118 valence electrons. The predicted molar refractivity (Wildman–Crippen MR) is 88.4 cm³/mol. The molecule has 2 aliphatic rings. The van der Waals surface area contributed by atoms with Gasteiger partial charge in [-0.3, -0.25) is 4.79 Å². The standard InChI is InChI=1S/C17H17ClN4O/c1-9-7-13-15(14(23)8-9)16(11-3-5-12(18)6-4-11)22-17(20-13)19-10(2)21-22/h3-6,9,16H,7-8H2,1-2H3,(H,19,20,21)/t9-,16+/m1/s1. The topological polar surface area (TPSA) is 59.8 Å². The summed E-state index contributed by atoms with van der Waals surface area (Å²) in [6.07, 6.45) is 1.44. The first-order valence-electron chi connectivity index (χ1n) is 7.75. The molecule has 0 fully saturated rings. The van der Waals surface area contributed by atoms with Gasteiger partial charge in [0.25, 0.3) is 0 Å². The Morgan fingerprint density at radius 3 is 2.74 bits per heavy atom. The lowest BCUT2D eigenvalue weighted by Gasteiger charge is -2.34. The van der Waals surface area contributed by atoms with Crippen LogP contribution in [-0.2, 0) is 4.79 Å². The highest BCUT2D eigenvalue weighted by atomic mass is 35.5. The maximum atomic E-state index is 12.7. The highest BCUT2D eigenvalue weighted by Crippen LogP contribution is 2.41. The third kappa shape index (κ3) is 2.36. The Bertz CT molecular complexity index is 822. The van der Waals surface area contributed by atoms with Crippen LogP contribution in [0.15, 0.2) is 35.5 Å². The van der Waals surface area contributed by atoms with E-state index in [4.69, 9.17) is 11.6 Å². The third-order valence-corrected chi connectivity index (χ3v) is 4.67. The highest BCUT2D eigenvalue weighted by molar-refractivity contribution is 6.30. The number of aryl methyl sites for hydroxylation is 1. The minimum atomic E-state index is -0.236. The molecule has 2 aromatic rings. The molecule has 0 amide bonds. The van der Waals surface area contributed by atoms with Crippen LogP contribution in [0.3, 0.4) is 0 Å². The van der Waals surface area contributed by atoms with Gasteiger partial charge in [-0.1, -0.05) is 30.7 Å². The number of nitrogens with zero attached hydrogens (tertiary/aromatic N) is 3. The molecule has 1 aromatic carbocycles. The second-order valence-electron chi connectivity index (χ2n) is 6.34. The summed E-state index contributed by atoms with van der Waals surface area (Å²) in [6, 6.07) is 7.36. The van der Waals surface area contributed by atoms with E-state index in [0.29, 0.717) is 29.1 Å². The fourth-order valence-electron chi connectivity index (χ4n) is 3.47. The lowest BCUT2D eigenvalue weighted by atomic mass is 9.81. The fourth-order valence-corrected chi connectivity index (χ4v) is 3.59. The molecular weight excluding hydrogens is 312 g/mol. The van der Waals surface area contributed by atoms with Crippen molar-refractivity contribution in [1.82, 2.24) is 14.8 Å². The van der Waals surface area contributed by atoms with E-state index < -0.39 is 0 Å². The van der Waals surface area contributed by atoms with Crippen molar-refractivity contribution in [3.63, 3.8) is 0 Å². The highest BCUT2D eigenvalue weighted by Gasteiger charge is 2.38. The number of ketones is 1. The van der Waals surface area contributed by atoms with Crippen LogP contribution < -0.4 is 5.32 Å². The number of anilines is 1. The number of halogens is 1. The molecule has 0 spiro atoms. The van der Waals surface area contributed by atoms with E-state index in [9.17, 15) is 4.79 Å². The Hall–Kier alpha value is -2.14. The molecular formula is C17H17ClN4O. The van der Waals surface area contributed by atoms with Crippen LogP contribution in [0.2, 0.25) is 5.02 Å². The lowest BCUT2D eigenvalue weighted by molar-refractivity contribution is -0.117. The number of allylic oxidation sites excluding steroid dienone is 2. The van der Waals surface area contributed by atoms with Gasteiger partial charge in [0.1, 0.15) is 11.9 Å². The van der Waals surface area contributed by atoms with Gasteiger partial charge >= 0.3 is 0 Å². The number of hydrogen-bond donors (Lipinski definition) is 1. The summed E-state index contributed by atoms with van der Waals surface area (Å²) in [5.41, 5.74) is 2.79. The van der Waals surface area contributed by atoms with Crippen LogP contribution >= 0.6 is 11.6 Å². The first-order valence-corrected chi connectivity index (χ1v) is 8.12. The molecule has 1 aliphatic carbocycles. The summed E-state index contributed by atoms with van der Waals surface area (Å²) < 4.78 is 1.81.